The smallest absolute Gasteiger partial charge is 0.224 e. The Morgan fingerprint density at radius 3 is 3.04 bits per heavy atom. The molecular weight excluding hydrogens is 334 g/mol. The molecule has 2 aliphatic rings. The molecule has 138 valence electrons. The molecule has 1 fully saturated rings. The number of hydrogen-bond donors (Lipinski definition) is 1. The molecule has 0 bridgehead atoms. The molecule has 1 aliphatic heterocycles. The number of methoxy groups -OCH3 is 1. The highest BCUT2D eigenvalue weighted by Crippen LogP contribution is 2.61. The number of carbonyl (C=O) groups excluding carboxylic acids is 1. The predicted octanol–water partition coefficient (Wildman–Crippen LogP) is 2.69. The lowest BCUT2D eigenvalue weighted by Gasteiger charge is -2.27. The van der Waals surface area contributed by atoms with Crippen molar-refractivity contribution in [2.45, 2.75) is 44.6 Å². The lowest BCUT2D eigenvalue weighted by atomic mass is 9.87. The van der Waals surface area contributed by atoms with E-state index in [4.69, 9.17) is 14.0 Å². The van der Waals surface area contributed by atoms with E-state index in [9.17, 15) is 4.79 Å². The molecule has 1 N–H and O–H groups in total. The van der Waals surface area contributed by atoms with Crippen molar-refractivity contribution in [1.29, 1.82) is 0 Å². The van der Waals surface area contributed by atoms with Gasteiger partial charge in [-0.3, -0.25) is 4.79 Å². The molecule has 1 aromatic carbocycles. The van der Waals surface area contributed by atoms with Crippen molar-refractivity contribution in [1.82, 2.24) is 15.5 Å². The van der Waals surface area contributed by atoms with Crippen molar-refractivity contribution in [3.05, 3.63) is 35.5 Å². The minimum atomic E-state index is -0.234. The average molecular weight is 357 g/mol. The number of rotatable bonds is 5. The molecule has 1 amide bonds. The van der Waals surface area contributed by atoms with Gasteiger partial charge in [0.2, 0.25) is 11.8 Å². The van der Waals surface area contributed by atoms with Crippen molar-refractivity contribution in [3.63, 3.8) is 0 Å². The molecule has 0 unspecified atom stereocenters. The van der Waals surface area contributed by atoms with Crippen LogP contribution in [0.3, 0.4) is 0 Å². The van der Waals surface area contributed by atoms with E-state index in [0.29, 0.717) is 24.7 Å². The van der Waals surface area contributed by atoms with Crippen LogP contribution in [0.5, 0.6) is 11.5 Å². The first-order chi connectivity index (χ1) is 12.6. The van der Waals surface area contributed by atoms with E-state index >= 15 is 0 Å². The van der Waals surface area contributed by atoms with Crippen LogP contribution in [0.2, 0.25) is 0 Å². The van der Waals surface area contributed by atoms with E-state index < -0.39 is 0 Å². The number of carbonyl (C=O) groups is 1. The first-order valence-corrected chi connectivity index (χ1v) is 8.99. The first-order valence-electron chi connectivity index (χ1n) is 8.99. The van der Waals surface area contributed by atoms with Crippen molar-refractivity contribution in [2.24, 2.45) is 5.92 Å². The summed E-state index contributed by atoms with van der Waals surface area (Å²) in [5, 5.41) is 7.04. The van der Waals surface area contributed by atoms with Gasteiger partial charge in [0, 0.05) is 23.8 Å². The Balaban J connectivity index is 1.54. The third kappa shape index (κ3) is 2.71. The fourth-order valence-corrected chi connectivity index (χ4v) is 3.93. The SMILES string of the molecule is CC[C@@H](NC(=O)[C@H]1C[C@@]12CCOc1ccc(OC)cc12)c1noc(C)n1. The number of ether oxygens (including phenoxy) is 2. The lowest BCUT2D eigenvalue weighted by Crippen LogP contribution is -2.34. The quantitative estimate of drug-likeness (QED) is 0.885. The maximum Gasteiger partial charge on any atom is 0.224 e. The summed E-state index contributed by atoms with van der Waals surface area (Å²) < 4.78 is 16.2. The zero-order valence-corrected chi connectivity index (χ0v) is 15.2. The summed E-state index contributed by atoms with van der Waals surface area (Å²) in [5.74, 6) is 2.64. The van der Waals surface area contributed by atoms with Crippen LogP contribution in [-0.2, 0) is 10.2 Å². The molecule has 1 saturated carbocycles. The van der Waals surface area contributed by atoms with E-state index in [1.807, 2.05) is 25.1 Å². The maximum absolute atomic E-state index is 12.9. The fourth-order valence-electron chi connectivity index (χ4n) is 3.93. The average Bonchev–Trinajstić information content (AvgIpc) is 3.21. The Hall–Kier alpha value is -2.57. The van der Waals surface area contributed by atoms with Crippen LogP contribution in [0.15, 0.2) is 22.7 Å². The minimum absolute atomic E-state index is 0.0370. The van der Waals surface area contributed by atoms with E-state index in [-0.39, 0.29) is 23.3 Å². The number of fused-ring (bicyclic) bond motifs is 2. The van der Waals surface area contributed by atoms with E-state index in [1.165, 1.54) is 0 Å². The molecule has 1 aliphatic carbocycles. The Kier molecular flexibility index (Phi) is 4.09. The van der Waals surface area contributed by atoms with Gasteiger partial charge < -0.3 is 19.3 Å². The lowest BCUT2D eigenvalue weighted by molar-refractivity contribution is -0.123. The molecule has 1 aromatic heterocycles. The van der Waals surface area contributed by atoms with E-state index in [1.54, 1.807) is 14.0 Å². The third-order valence-corrected chi connectivity index (χ3v) is 5.50. The Morgan fingerprint density at radius 2 is 2.35 bits per heavy atom. The van der Waals surface area contributed by atoms with Crippen molar-refractivity contribution >= 4 is 5.91 Å². The van der Waals surface area contributed by atoms with Gasteiger partial charge >= 0.3 is 0 Å². The van der Waals surface area contributed by atoms with Crippen LogP contribution in [0.1, 0.15) is 49.5 Å². The molecule has 2 aromatic rings. The van der Waals surface area contributed by atoms with Crippen LogP contribution >= 0.6 is 0 Å². The van der Waals surface area contributed by atoms with Gasteiger partial charge in [0.15, 0.2) is 5.82 Å². The van der Waals surface area contributed by atoms with Gasteiger partial charge in [0.05, 0.1) is 19.8 Å². The number of aromatic nitrogens is 2. The molecule has 2 heterocycles. The van der Waals surface area contributed by atoms with Crippen LogP contribution in [0.4, 0.5) is 0 Å². The number of hydrogen-bond acceptors (Lipinski definition) is 6. The first kappa shape index (κ1) is 16.9. The molecule has 1 spiro atoms. The van der Waals surface area contributed by atoms with Gasteiger partial charge in [-0.25, -0.2) is 0 Å². The Labute approximate surface area is 152 Å². The number of benzene rings is 1. The normalized spacial score (nSPS) is 24.5. The van der Waals surface area contributed by atoms with Gasteiger partial charge in [-0.05, 0) is 37.5 Å². The van der Waals surface area contributed by atoms with Crippen LogP contribution in [0.25, 0.3) is 0 Å². The third-order valence-electron chi connectivity index (χ3n) is 5.50. The summed E-state index contributed by atoms with van der Waals surface area (Å²) in [7, 11) is 1.65. The van der Waals surface area contributed by atoms with Gasteiger partial charge in [0.25, 0.3) is 0 Å². The van der Waals surface area contributed by atoms with Crippen LogP contribution < -0.4 is 14.8 Å². The second-order valence-corrected chi connectivity index (χ2v) is 7.01. The topological polar surface area (TPSA) is 86.5 Å². The maximum atomic E-state index is 12.9. The van der Waals surface area contributed by atoms with Crippen molar-refractivity contribution < 1.29 is 18.8 Å². The molecule has 3 atom stereocenters. The van der Waals surface area contributed by atoms with E-state index in [2.05, 4.69) is 15.5 Å². The standard InChI is InChI=1S/C19H23N3O4/c1-4-15(17-20-11(2)26-22-17)21-18(23)14-10-19(14)7-8-25-16-6-5-12(24-3)9-13(16)19/h5-6,9,14-15H,4,7-8,10H2,1-3H3,(H,21,23)/t14-,15-,19-/m1/s1. The Bertz CT molecular complexity index is 834. The molecular formula is C19H23N3O4. The minimum Gasteiger partial charge on any atom is -0.497 e. The van der Waals surface area contributed by atoms with Gasteiger partial charge in [-0.2, -0.15) is 4.98 Å². The summed E-state index contributed by atoms with van der Waals surface area (Å²) in [4.78, 5) is 17.2. The summed E-state index contributed by atoms with van der Waals surface area (Å²) >= 11 is 0. The van der Waals surface area contributed by atoms with Crippen LogP contribution in [-0.4, -0.2) is 29.8 Å². The second kappa shape index (κ2) is 6.30. The number of aryl methyl sites for hydroxylation is 1. The largest absolute Gasteiger partial charge is 0.497 e. The molecule has 7 nitrogen and oxygen atoms in total. The molecule has 0 radical (unpaired) electrons. The number of amides is 1. The monoisotopic (exact) mass is 357 g/mol. The van der Waals surface area contributed by atoms with Crippen molar-refractivity contribution in [3.8, 4) is 11.5 Å². The van der Waals surface area contributed by atoms with Gasteiger partial charge in [0.1, 0.15) is 11.5 Å². The van der Waals surface area contributed by atoms with Crippen molar-refractivity contribution in [2.75, 3.05) is 13.7 Å². The van der Waals surface area contributed by atoms with E-state index in [0.717, 1.165) is 29.9 Å². The Morgan fingerprint density at radius 1 is 1.50 bits per heavy atom. The predicted molar refractivity (Wildman–Crippen MR) is 93.1 cm³/mol. The fraction of sp³-hybridized carbons (Fsp3) is 0.526. The zero-order chi connectivity index (χ0) is 18.3. The number of nitrogens with one attached hydrogen (secondary N) is 1. The molecule has 7 heteroatoms. The summed E-state index contributed by atoms with van der Waals surface area (Å²) in [6.45, 7) is 4.37. The van der Waals surface area contributed by atoms with Gasteiger partial charge in [-0.15, -0.1) is 0 Å². The molecule has 4 rings (SSSR count). The summed E-state index contributed by atoms with van der Waals surface area (Å²) in [6, 6.07) is 5.59. The highest BCUT2D eigenvalue weighted by Gasteiger charge is 2.61. The molecule has 0 saturated heterocycles. The summed E-state index contributed by atoms with van der Waals surface area (Å²) in [5.41, 5.74) is 0.921. The second-order valence-electron chi connectivity index (χ2n) is 7.01. The zero-order valence-electron chi connectivity index (χ0n) is 15.2. The van der Waals surface area contributed by atoms with Gasteiger partial charge in [-0.1, -0.05) is 12.1 Å². The summed E-state index contributed by atoms with van der Waals surface area (Å²) in [6.07, 6.45) is 2.37. The highest BCUT2D eigenvalue weighted by molar-refractivity contribution is 5.85. The number of nitrogens with zero attached hydrogens (tertiary/aromatic N) is 2. The van der Waals surface area contributed by atoms with Crippen LogP contribution in [0, 0.1) is 12.8 Å². The molecule has 26 heavy (non-hydrogen) atoms. The highest BCUT2D eigenvalue weighted by atomic mass is 16.5.